The van der Waals surface area contributed by atoms with Gasteiger partial charge in [0.15, 0.2) is 17.3 Å². The Morgan fingerprint density at radius 1 is 1.07 bits per heavy atom. The van der Waals surface area contributed by atoms with E-state index >= 15 is 0 Å². The van der Waals surface area contributed by atoms with E-state index in [1.807, 2.05) is 0 Å². The summed E-state index contributed by atoms with van der Waals surface area (Å²) in [6, 6.07) is 5.50. The zero-order chi connectivity index (χ0) is 21.1. The first-order valence-electron chi connectivity index (χ1n) is 8.60. The van der Waals surface area contributed by atoms with Gasteiger partial charge < -0.3 is 28.7 Å². The highest BCUT2D eigenvalue weighted by molar-refractivity contribution is 5.89. The Labute approximate surface area is 164 Å². The van der Waals surface area contributed by atoms with Crippen molar-refractivity contribution in [3.63, 3.8) is 0 Å². The predicted molar refractivity (Wildman–Crippen MR) is 103 cm³/mol. The third-order valence-corrected chi connectivity index (χ3v) is 4.25. The summed E-state index contributed by atoms with van der Waals surface area (Å²) in [6.45, 7) is 1.38. The lowest BCUT2D eigenvalue weighted by atomic mass is 10.1. The summed E-state index contributed by atoms with van der Waals surface area (Å²) >= 11 is 0. The molecule has 9 nitrogen and oxygen atoms in total. The van der Waals surface area contributed by atoms with Gasteiger partial charge in [0.1, 0.15) is 11.3 Å². The molecule has 0 aliphatic heterocycles. The van der Waals surface area contributed by atoms with Gasteiger partial charge in [0.25, 0.3) is 0 Å². The maximum absolute atomic E-state index is 12.4. The molecule has 3 rings (SSSR count). The summed E-state index contributed by atoms with van der Waals surface area (Å²) < 4.78 is 20.9. The first-order valence-corrected chi connectivity index (χ1v) is 8.60. The molecule has 0 saturated heterocycles. The molecular weight excluding hydrogens is 382 g/mol. The van der Waals surface area contributed by atoms with E-state index in [1.54, 1.807) is 13.0 Å². The van der Waals surface area contributed by atoms with E-state index in [0.717, 1.165) is 6.07 Å². The number of aromatic hydroxyl groups is 1. The Morgan fingerprint density at radius 2 is 1.76 bits per heavy atom. The van der Waals surface area contributed by atoms with Gasteiger partial charge in [-0.3, -0.25) is 9.59 Å². The van der Waals surface area contributed by atoms with Crippen molar-refractivity contribution < 1.29 is 28.2 Å². The van der Waals surface area contributed by atoms with E-state index in [9.17, 15) is 19.5 Å². The molecule has 1 amide bonds. The molecule has 2 aromatic heterocycles. The normalized spacial score (nSPS) is 10.7. The SMILES string of the molecule is COc1cc2oc(=O)cc(CC(=O)NCc3oc(C)cc(=O)c3O)c2cc1OC. The largest absolute Gasteiger partial charge is 0.502 e. The standard InChI is InChI=1S/C20H19NO8/c1-10-4-13(22)20(25)17(28-10)9-21-18(23)5-11-6-19(24)29-14-8-16(27-3)15(26-2)7-12(11)14/h4,6-8,25H,5,9H2,1-3H3,(H,21,23). The average Bonchev–Trinajstić information content (AvgIpc) is 2.68. The van der Waals surface area contributed by atoms with E-state index in [4.69, 9.17) is 18.3 Å². The van der Waals surface area contributed by atoms with Crippen molar-refractivity contribution in [1.29, 1.82) is 0 Å². The van der Waals surface area contributed by atoms with Crippen molar-refractivity contribution in [1.82, 2.24) is 5.32 Å². The van der Waals surface area contributed by atoms with E-state index in [2.05, 4.69) is 5.32 Å². The minimum absolute atomic E-state index is 0.0489. The molecule has 0 aliphatic rings. The fraction of sp³-hybridized carbons (Fsp3) is 0.250. The molecule has 152 valence electrons. The van der Waals surface area contributed by atoms with Gasteiger partial charge in [-0.25, -0.2) is 4.79 Å². The minimum Gasteiger partial charge on any atom is -0.502 e. The van der Waals surface area contributed by atoms with Crippen LogP contribution in [0.15, 0.2) is 42.7 Å². The van der Waals surface area contributed by atoms with Crippen LogP contribution in [0.2, 0.25) is 0 Å². The lowest BCUT2D eigenvalue weighted by Gasteiger charge is -2.11. The Kier molecular flexibility index (Phi) is 5.58. The second kappa shape index (κ2) is 8.09. The summed E-state index contributed by atoms with van der Waals surface area (Å²) in [6.07, 6.45) is -0.144. The fourth-order valence-electron chi connectivity index (χ4n) is 2.90. The number of rotatable bonds is 6. The predicted octanol–water partition coefficient (Wildman–Crippen LogP) is 1.64. The molecule has 0 saturated carbocycles. The molecule has 0 unspecified atom stereocenters. The quantitative estimate of drug-likeness (QED) is 0.597. The molecular formula is C20H19NO8. The number of hydrogen-bond donors (Lipinski definition) is 2. The van der Waals surface area contributed by atoms with Crippen molar-refractivity contribution in [3.05, 3.63) is 62.0 Å². The number of fused-ring (bicyclic) bond motifs is 1. The number of hydrogen-bond acceptors (Lipinski definition) is 8. The van der Waals surface area contributed by atoms with Gasteiger partial charge in [-0.1, -0.05) is 0 Å². The van der Waals surface area contributed by atoms with Crippen LogP contribution in [0.5, 0.6) is 17.2 Å². The number of ether oxygens (including phenoxy) is 2. The minimum atomic E-state index is -0.616. The van der Waals surface area contributed by atoms with E-state index in [0.29, 0.717) is 28.2 Å². The van der Waals surface area contributed by atoms with Crippen molar-refractivity contribution in [2.75, 3.05) is 14.2 Å². The molecule has 29 heavy (non-hydrogen) atoms. The fourth-order valence-corrected chi connectivity index (χ4v) is 2.90. The number of methoxy groups -OCH3 is 2. The smallest absolute Gasteiger partial charge is 0.336 e. The summed E-state index contributed by atoms with van der Waals surface area (Å²) in [5.74, 6) is 0.0578. The van der Waals surface area contributed by atoms with E-state index < -0.39 is 22.7 Å². The topological polar surface area (TPSA) is 128 Å². The molecule has 0 fully saturated rings. The second-order valence-electron chi connectivity index (χ2n) is 6.24. The average molecular weight is 401 g/mol. The molecule has 2 heterocycles. The first kappa shape index (κ1) is 20.0. The van der Waals surface area contributed by atoms with E-state index in [-0.39, 0.29) is 24.3 Å². The van der Waals surface area contributed by atoms with Gasteiger partial charge in [-0.15, -0.1) is 0 Å². The number of benzene rings is 1. The van der Waals surface area contributed by atoms with Crippen LogP contribution in [0.25, 0.3) is 11.0 Å². The Bertz CT molecular complexity index is 1190. The molecule has 0 atom stereocenters. The second-order valence-corrected chi connectivity index (χ2v) is 6.24. The molecule has 0 spiro atoms. The Morgan fingerprint density at radius 3 is 2.45 bits per heavy atom. The van der Waals surface area contributed by atoms with Crippen LogP contribution in [0.3, 0.4) is 0 Å². The summed E-state index contributed by atoms with van der Waals surface area (Å²) in [5, 5.41) is 12.8. The lowest BCUT2D eigenvalue weighted by Crippen LogP contribution is -2.25. The van der Waals surface area contributed by atoms with Crippen LogP contribution in [-0.2, 0) is 17.8 Å². The zero-order valence-corrected chi connectivity index (χ0v) is 16.0. The Balaban J connectivity index is 1.87. The van der Waals surface area contributed by atoms with E-state index in [1.165, 1.54) is 26.4 Å². The van der Waals surface area contributed by atoms with Gasteiger partial charge in [-0.05, 0) is 18.6 Å². The summed E-state index contributed by atoms with van der Waals surface area (Å²) in [7, 11) is 2.93. The van der Waals surface area contributed by atoms with Gasteiger partial charge in [0, 0.05) is 23.6 Å². The van der Waals surface area contributed by atoms with Crippen LogP contribution >= 0.6 is 0 Å². The molecule has 1 aromatic carbocycles. The summed E-state index contributed by atoms with van der Waals surface area (Å²) in [5.41, 5.74) is -0.537. The van der Waals surface area contributed by atoms with Crippen molar-refractivity contribution in [2.24, 2.45) is 0 Å². The highest BCUT2D eigenvalue weighted by Gasteiger charge is 2.16. The van der Waals surface area contributed by atoms with Crippen LogP contribution in [0, 0.1) is 6.92 Å². The zero-order valence-electron chi connectivity index (χ0n) is 16.0. The molecule has 0 bridgehead atoms. The van der Waals surface area contributed by atoms with Crippen LogP contribution in [-0.4, -0.2) is 25.2 Å². The Hall–Kier alpha value is -3.75. The monoisotopic (exact) mass is 401 g/mol. The van der Waals surface area contributed by atoms with Crippen LogP contribution in [0.4, 0.5) is 0 Å². The third kappa shape index (κ3) is 4.23. The third-order valence-electron chi connectivity index (χ3n) is 4.25. The van der Waals surface area contributed by atoms with Gasteiger partial charge in [0.2, 0.25) is 17.1 Å². The number of carbonyl (C=O) groups is 1. The highest BCUT2D eigenvalue weighted by Crippen LogP contribution is 2.33. The first-order chi connectivity index (χ1) is 13.8. The molecule has 0 aliphatic carbocycles. The molecule has 2 N–H and O–H groups in total. The highest BCUT2D eigenvalue weighted by atomic mass is 16.5. The molecule has 3 aromatic rings. The number of aryl methyl sites for hydroxylation is 1. The number of amides is 1. The maximum atomic E-state index is 12.4. The molecule has 9 heteroatoms. The van der Waals surface area contributed by atoms with Crippen LogP contribution in [0.1, 0.15) is 17.1 Å². The number of nitrogens with one attached hydrogen (secondary N) is 1. The van der Waals surface area contributed by atoms with Crippen molar-refractivity contribution in [3.8, 4) is 17.2 Å². The maximum Gasteiger partial charge on any atom is 0.336 e. The van der Waals surface area contributed by atoms with Crippen molar-refractivity contribution in [2.45, 2.75) is 19.9 Å². The van der Waals surface area contributed by atoms with Crippen molar-refractivity contribution >= 4 is 16.9 Å². The lowest BCUT2D eigenvalue weighted by molar-refractivity contribution is -0.120. The van der Waals surface area contributed by atoms with Gasteiger partial charge in [-0.2, -0.15) is 0 Å². The summed E-state index contributed by atoms with van der Waals surface area (Å²) in [4.78, 5) is 35.9. The van der Waals surface area contributed by atoms with Gasteiger partial charge >= 0.3 is 5.63 Å². The molecule has 0 radical (unpaired) electrons. The number of carbonyl (C=O) groups excluding carboxylic acids is 1. The van der Waals surface area contributed by atoms with Gasteiger partial charge in [0.05, 0.1) is 27.2 Å². The van der Waals surface area contributed by atoms with Crippen LogP contribution < -0.4 is 25.8 Å².